The molecule has 0 bridgehead atoms. The number of H-pyrrole nitrogens is 1. The molecule has 2 aromatic heterocycles. The number of rotatable bonds is 3. The van der Waals surface area contributed by atoms with Crippen molar-refractivity contribution in [3.63, 3.8) is 0 Å². The van der Waals surface area contributed by atoms with E-state index >= 15 is 0 Å². The van der Waals surface area contributed by atoms with Crippen molar-refractivity contribution in [1.82, 2.24) is 25.2 Å². The number of aromatic amines is 1. The smallest absolute Gasteiger partial charge is 0.253 e. The second-order valence-electron chi connectivity index (χ2n) is 7.98. The van der Waals surface area contributed by atoms with Crippen LogP contribution < -0.4 is 5.32 Å². The summed E-state index contributed by atoms with van der Waals surface area (Å²) in [6.45, 7) is 5.44. The highest BCUT2D eigenvalue weighted by atomic mass is 16.3. The molecule has 3 N–H and O–H groups in total. The Morgan fingerprint density at radius 3 is 2.96 bits per heavy atom. The highest BCUT2D eigenvalue weighted by Gasteiger charge is 2.58. The van der Waals surface area contributed by atoms with Gasteiger partial charge in [-0.25, -0.2) is 9.97 Å². The number of nitrogens with one attached hydrogen (secondary N) is 2. The van der Waals surface area contributed by atoms with Gasteiger partial charge in [-0.15, -0.1) is 0 Å². The van der Waals surface area contributed by atoms with Crippen LogP contribution >= 0.6 is 0 Å². The fraction of sp³-hybridized carbons (Fsp3) is 0.611. The van der Waals surface area contributed by atoms with Crippen molar-refractivity contribution in [3.8, 4) is 0 Å². The summed E-state index contributed by atoms with van der Waals surface area (Å²) >= 11 is 0. The normalized spacial score (nSPS) is 32.4. The van der Waals surface area contributed by atoms with Gasteiger partial charge in [0, 0.05) is 24.2 Å². The first kappa shape index (κ1) is 16.5. The first-order chi connectivity index (χ1) is 11.9. The van der Waals surface area contributed by atoms with Crippen LogP contribution in [0.5, 0.6) is 0 Å². The van der Waals surface area contributed by atoms with Gasteiger partial charge in [0.2, 0.25) is 0 Å². The van der Waals surface area contributed by atoms with Gasteiger partial charge in [-0.1, -0.05) is 13.8 Å². The first-order valence-corrected chi connectivity index (χ1v) is 8.88. The van der Waals surface area contributed by atoms with Crippen molar-refractivity contribution in [3.05, 3.63) is 24.2 Å². The van der Waals surface area contributed by atoms with Crippen LogP contribution in [0.25, 0.3) is 11.2 Å². The number of pyridine rings is 1. The summed E-state index contributed by atoms with van der Waals surface area (Å²) in [6.07, 6.45) is 4.19. The molecule has 1 aliphatic heterocycles. The molecular formula is C18H25N5O2. The van der Waals surface area contributed by atoms with Gasteiger partial charge in [0.15, 0.2) is 5.65 Å². The first-order valence-electron chi connectivity index (χ1n) is 8.88. The molecule has 7 heteroatoms. The topological polar surface area (TPSA) is 94.1 Å². The van der Waals surface area contributed by atoms with Crippen LogP contribution in [-0.4, -0.2) is 62.6 Å². The molecule has 2 unspecified atom stereocenters. The summed E-state index contributed by atoms with van der Waals surface area (Å²) in [5, 5.41) is 13.6. The van der Waals surface area contributed by atoms with Crippen LogP contribution in [0.1, 0.15) is 37.0 Å². The molecular weight excluding hydrogens is 318 g/mol. The van der Waals surface area contributed by atoms with Gasteiger partial charge in [0.05, 0.1) is 29.6 Å². The Hall–Kier alpha value is -1.99. The predicted octanol–water partition coefficient (Wildman–Crippen LogP) is 1.17. The molecule has 2 fully saturated rings. The average molecular weight is 343 g/mol. The van der Waals surface area contributed by atoms with Gasteiger partial charge in [-0.2, -0.15) is 0 Å². The summed E-state index contributed by atoms with van der Waals surface area (Å²) < 4.78 is 0. The summed E-state index contributed by atoms with van der Waals surface area (Å²) in [6, 6.07) is 1.93. The van der Waals surface area contributed by atoms with Gasteiger partial charge in [0.1, 0.15) is 0 Å². The van der Waals surface area contributed by atoms with Gasteiger partial charge >= 0.3 is 0 Å². The maximum atomic E-state index is 12.7. The number of aliphatic hydroxyl groups excluding tert-OH is 1. The average Bonchev–Trinajstić information content (AvgIpc) is 3.12. The third kappa shape index (κ3) is 2.53. The Kier molecular flexibility index (Phi) is 3.81. The third-order valence-electron chi connectivity index (χ3n) is 5.89. The van der Waals surface area contributed by atoms with Crippen molar-refractivity contribution < 1.29 is 9.90 Å². The number of hydrogen-bond donors (Lipinski definition) is 3. The van der Waals surface area contributed by atoms with Gasteiger partial charge in [-0.05, 0) is 31.9 Å². The maximum Gasteiger partial charge on any atom is 0.253 e. The molecule has 1 aliphatic carbocycles. The number of amides is 1. The van der Waals surface area contributed by atoms with Gasteiger partial charge in [-0.3, -0.25) is 4.79 Å². The number of aromatic nitrogens is 3. The molecule has 0 radical (unpaired) electrons. The zero-order valence-corrected chi connectivity index (χ0v) is 14.9. The molecule has 2 aromatic rings. The molecule has 0 aromatic carbocycles. The van der Waals surface area contributed by atoms with E-state index in [9.17, 15) is 9.90 Å². The molecule has 1 spiro atoms. The third-order valence-corrected chi connectivity index (χ3v) is 5.89. The van der Waals surface area contributed by atoms with Crippen LogP contribution in [-0.2, 0) is 0 Å². The predicted molar refractivity (Wildman–Crippen MR) is 94.1 cm³/mol. The number of imidazole rings is 1. The number of likely N-dealkylation sites (tertiary alicyclic amines) is 1. The van der Waals surface area contributed by atoms with E-state index in [-0.39, 0.29) is 17.4 Å². The van der Waals surface area contributed by atoms with Crippen LogP contribution in [0.15, 0.2) is 18.6 Å². The highest BCUT2D eigenvalue weighted by Crippen LogP contribution is 2.52. The molecule has 25 heavy (non-hydrogen) atoms. The minimum atomic E-state index is -0.502. The summed E-state index contributed by atoms with van der Waals surface area (Å²) in [4.78, 5) is 26.3. The second kappa shape index (κ2) is 5.78. The van der Waals surface area contributed by atoms with E-state index in [0.717, 1.165) is 19.4 Å². The SMILES string of the molecule is CC(C)C1N(C)CC12C[C@@H](O)[C@H](NC(=O)c1ccnc3nc[nH]c13)C2. The molecule has 2 aliphatic rings. The number of fused-ring (bicyclic) bond motifs is 1. The number of carbonyl (C=O) groups is 1. The quantitative estimate of drug-likeness (QED) is 0.778. The Morgan fingerprint density at radius 2 is 2.24 bits per heavy atom. The van der Waals surface area contributed by atoms with E-state index in [1.165, 1.54) is 6.33 Å². The van der Waals surface area contributed by atoms with Crippen LogP contribution in [0, 0.1) is 11.3 Å². The number of nitrogens with zero attached hydrogens (tertiary/aromatic N) is 3. The Bertz CT molecular complexity index is 799. The van der Waals surface area contributed by atoms with Crippen molar-refractivity contribution >= 4 is 17.1 Å². The number of hydrogen-bond acceptors (Lipinski definition) is 5. The minimum Gasteiger partial charge on any atom is -0.391 e. The number of carbonyl (C=O) groups excluding carboxylic acids is 1. The fourth-order valence-corrected chi connectivity index (χ4v) is 5.28. The largest absolute Gasteiger partial charge is 0.391 e. The summed E-state index contributed by atoms with van der Waals surface area (Å²) in [5.41, 5.74) is 1.78. The molecule has 4 rings (SSSR count). The lowest BCUT2D eigenvalue weighted by atomic mass is 9.66. The van der Waals surface area contributed by atoms with E-state index in [2.05, 4.69) is 46.1 Å². The van der Waals surface area contributed by atoms with Crippen LogP contribution in [0.4, 0.5) is 0 Å². The molecule has 7 nitrogen and oxygen atoms in total. The van der Waals surface area contributed by atoms with E-state index in [1.807, 2.05) is 0 Å². The van der Waals surface area contributed by atoms with Crippen LogP contribution in [0.3, 0.4) is 0 Å². The lowest BCUT2D eigenvalue weighted by molar-refractivity contribution is -0.0827. The van der Waals surface area contributed by atoms with Crippen molar-refractivity contribution in [2.75, 3.05) is 13.6 Å². The Balaban J connectivity index is 1.52. The fourth-order valence-electron chi connectivity index (χ4n) is 5.28. The zero-order valence-electron chi connectivity index (χ0n) is 14.9. The molecule has 1 amide bonds. The lowest BCUT2D eigenvalue weighted by Gasteiger charge is -2.57. The summed E-state index contributed by atoms with van der Waals surface area (Å²) in [7, 11) is 2.14. The van der Waals surface area contributed by atoms with E-state index in [1.54, 1.807) is 12.3 Å². The van der Waals surface area contributed by atoms with Crippen molar-refractivity contribution in [2.24, 2.45) is 11.3 Å². The van der Waals surface area contributed by atoms with Crippen LogP contribution in [0.2, 0.25) is 0 Å². The molecule has 3 heterocycles. The standard InChI is InChI=1S/C18H25N5O2/c1-10(2)15-18(8-23(15)3)6-12(13(24)7-18)22-17(25)11-4-5-19-16-14(11)20-9-21-16/h4-5,9-10,12-13,15,24H,6-8H2,1-3H3,(H,22,25)(H,19,20,21)/t12-,13-,15?,18?/m1/s1. The molecule has 1 saturated heterocycles. The van der Waals surface area contributed by atoms with Gasteiger partial charge < -0.3 is 20.3 Å². The monoisotopic (exact) mass is 343 g/mol. The van der Waals surface area contributed by atoms with E-state index in [0.29, 0.717) is 28.7 Å². The minimum absolute atomic E-state index is 0.113. The van der Waals surface area contributed by atoms with Gasteiger partial charge in [0.25, 0.3) is 5.91 Å². The van der Waals surface area contributed by atoms with E-state index in [4.69, 9.17) is 0 Å². The Labute approximate surface area is 146 Å². The number of aliphatic hydroxyl groups is 1. The molecule has 134 valence electrons. The molecule has 4 atom stereocenters. The van der Waals surface area contributed by atoms with Crippen molar-refractivity contribution in [2.45, 2.75) is 44.9 Å². The van der Waals surface area contributed by atoms with E-state index < -0.39 is 6.10 Å². The molecule has 1 saturated carbocycles. The maximum absolute atomic E-state index is 12.7. The second-order valence-corrected chi connectivity index (χ2v) is 7.98. The zero-order chi connectivity index (χ0) is 17.8. The Morgan fingerprint density at radius 1 is 1.44 bits per heavy atom. The van der Waals surface area contributed by atoms with Crippen molar-refractivity contribution in [1.29, 1.82) is 0 Å². The highest BCUT2D eigenvalue weighted by molar-refractivity contribution is 6.04. The lowest BCUT2D eigenvalue weighted by Crippen LogP contribution is -2.64. The summed E-state index contributed by atoms with van der Waals surface area (Å²) in [5.74, 6) is 0.344.